The Morgan fingerprint density at radius 2 is 1.94 bits per heavy atom. The second-order valence-corrected chi connectivity index (χ2v) is 9.30. The van der Waals surface area contributed by atoms with Crippen molar-refractivity contribution in [3.63, 3.8) is 0 Å². The Kier molecular flexibility index (Phi) is 11.1. The van der Waals surface area contributed by atoms with E-state index in [1.807, 2.05) is 11.0 Å². The number of hydrogen-bond donors (Lipinski definition) is 2. The molecule has 0 aromatic heterocycles. The van der Waals surface area contributed by atoms with E-state index < -0.39 is 0 Å². The lowest BCUT2D eigenvalue weighted by molar-refractivity contribution is 0.169. The maximum absolute atomic E-state index is 12.1. The normalized spacial score (nSPS) is 17.1. The molecule has 3 N–H and O–H groups in total. The summed E-state index contributed by atoms with van der Waals surface area (Å²) in [5, 5.41) is 2.92. The van der Waals surface area contributed by atoms with Crippen molar-refractivity contribution in [3.8, 4) is 11.5 Å². The van der Waals surface area contributed by atoms with Gasteiger partial charge in [0, 0.05) is 45.8 Å². The molecule has 1 heterocycles. The Bertz CT molecular complexity index is 698. The third kappa shape index (κ3) is 8.17. The summed E-state index contributed by atoms with van der Waals surface area (Å²) in [6, 6.07) is 6.26. The number of nitrogens with one attached hydrogen (secondary N) is 1. The van der Waals surface area contributed by atoms with Crippen LogP contribution in [0.5, 0.6) is 11.5 Å². The molecule has 2 rings (SSSR count). The van der Waals surface area contributed by atoms with Crippen molar-refractivity contribution >= 4 is 6.03 Å². The van der Waals surface area contributed by atoms with Gasteiger partial charge in [-0.3, -0.25) is 0 Å². The second kappa shape index (κ2) is 13.5. The van der Waals surface area contributed by atoms with Crippen LogP contribution in [0.4, 0.5) is 4.79 Å². The molecule has 0 spiro atoms. The third-order valence-electron chi connectivity index (χ3n) is 6.40. The minimum Gasteiger partial charge on any atom is -0.493 e. The average molecular weight is 450 g/mol. The third-order valence-corrected chi connectivity index (χ3v) is 6.40. The average Bonchev–Trinajstić information content (AvgIpc) is 2.77. The Labute approximate surface area is 194 Å². The van der Waals surface area contributed by atoms with Crippen LogP contribution in [-0.4, -0.2) is 64.0 Å². The van der Waals surface area contributed by atoms with Crippen LogP contribution in [0.1, 0.15) is 45.6 Å². The van der Waals surface area contributed by atoms with Crippen LogP contribution in [0.25, 0.3) is 0 Å². The van der Waals surface area contributed by atoms with Crippen LogP contribution in [0.15, 0.2) is 18.2 Å². The van der Waals surface area contributed by atoms with Crippen molar-refractivity contribution in [2.75, 3.05) is 47.1 Å². The van der Waals surface area contributed by atoms with Gasteiger partial charge in [0.2, 0.25) is 0 Å². The number of carbonyl (C=O) groups is 1. The number of ether oxygens (including phenoxy) is 3. The number of benzene rings is 1. The lowest BCUT2D eigenvalue weighted by Gasteiger charge is -2.33. The highest BCUT2D eigenvalue weighted by Gasteiger charge is 2.26. The quantitative estimate of drug-likeness (QED) is 0.423. The standard InChI is InChI=1S/C25H43N3O4/c1-18(2)21(16-22(26)19(3)17-28-11-6-10-27-25(28)29)14-20-8-9-23(31-5)24(15-20)32-13-7-12-30-4/h8-9,15,18-19,21-22H,6-7,10-14,16-17,26H2,1-5H3,(H,27,29)/t19-,21-,22-/m0/s1. The van der Waals surface area contributed by atoms with Crippen molar-refractivity contribution < 1.29 is 19.0 Å². The van der Waals surface area contributed by atoms with E-state index in [0.29, 0.717) is 31.6 Å². The van der Waals surface area contributed by atoms with E-state index >= 15 is 0 Å². The van der Waals surface area contributed by atoms with Gasteiger partial charge in [-0.15, -0.1) is 0 Å². The molecule has 1 aromatic rings. The first-order chi connectivity index (χ1) is 15.3. The summed E-state index contributed by atoms with van der Waals surface area (Å²) in [5.74, 6) is 2.71. The first kappa shape index (κ1) is 26.3. The summed E-state index contributed by atoms with van der Waals surface area (Å²) in [5.41, 5.74) is 7.85. The molecule has 3 atom stereocenters. The Hall–Kier alpha value is -1.99. The lowest BCUT2D eigenvalue weighted by atomic mass is 9.81. The molecule has 0 aliphatic carbocycles. The van der Waals surface area contributed by atoms with E-state index in [2.05, 4.69) is 38.2 Å². The molecular formula is C25H43N3O4. The van der Waals surface area contributed by atoms with Gasteiger partial charge < -0.3 is 30.2 Å². The van der Waals surface area contributed by atoms with E-state index in [0.717, 1.165) is 50.3 Å². The van der Waals surface area contributed by atoms with Crippen molar-refractivity contribution in [1.82, 2.24) is 10.2 Å². The summed E-state index contributed by atoms with van der Waals surface area (Å²) in [7, 11) is 3.36. The van der Waals surface area contributed by atoms with Crippen LogP contribution in [-0.2, 0) is 11.2 Å². The number of amides is 2. The fraction of sp³-hybridized carbons (Fsp3) is 0.720. The Morgan fingerprint density at radius 1 is 1.16 bits per heavy atom. The monoisotopic (exact) mass is 449 g/mol. The topological polar surface area (TPSA) is 86.1 Å². The number of carbonyl (C=O) groups excluding carboxylic acids is 1. The first-order valence-corrected chi connectivity index (χ1v) is 11.9. The van der Waals surface area contributed by atoms with E-state index in [-0.39, 0.29) is 18.0 Å². The van der Waals surface area contributed by atoms with Crippen LogP contribution in [0.2, 0.25) is 0 Å². The number of urea groups is 1. The SMILES string of the molecule is COCCCOc1cc(C[C@@H](C[C@H](N)[C@@H](C)CN2CCCNC2=O)C(C)C)ccc1OC. The van der Waals surface area contributed by atoms with Crippen molar-refractivity contribution in [1.29, 1.82) is 0 Å². The van der Waals surface area contributed by atoms with E-state index in [4.69, 9.17) is 19.9 Å². The number of methoxy groups -OCH3 is 2. The highest BCUT2D eigenvalue weighted by atomic mass is 16.5. The van der Waals surface area contributed by atoms with E-state index in [9.17, 15) is 4.79 Å². The zero-order chi connectivity index (χ0) is 23.5. The van der Waals surface area contributed by atoms with Gasteiger partial charge in [0.15, 0.2) is 11.5 Å². The molecule has 1 aliphatic rings. The first-order valence-electron chi connectivity index (χ1n) is 11.9. The van der Waals surface area contributed by atoms with Crippen molar-refractivity contribution in [2.45, 2.75) is 52.5 Å². The molecule has 0 radical (unpaired) electrons. The summed E-state index contributed by atoms with van der Waals surface area (Å²) < 4.78 is 16.5. The van der Waals surface area contributed by atoms with Crippen molar-refractivity contribution in [3.05, 3.63) is 23.8 Å². The number of nitrogens with two attached hydrogens (primary N) is 1. The molecule has 182 valence electrons. The number of nitrogens with zero attached hydrogens (tertiary/aromatic N) is 1. The molecule has 1 aromatic carbocycles. The maximum atomic E-state index is 12.1. The lowest BCUT2D eigenvalue weighted by Crippen LogP contribution is -2.50. The molecule has 0 unspecified atom stereocenters. The van der Waals surface area contributed by atoms with Gasteiger partial charge >= 0.3 is 6.03 Å². The predicted octanol–water partition coefficient (Wildman–Crippen LogP) is 3.69. The Balaban J connectivity index is 1.98. The van der Waals surface area contributed by atoms with Crippen LogP contribution in [0.3, 0.4) is 0 Å². The number of rotatable bonds is 14. The van der Waals surface area contributed by atoms with Crippen LogP contribution in [0, 0.1) is 17.8 Å². The van der Waals surface area contributed by atoms with Gasteiger partial charge in [0.25, 0.3) is 0 Å². The van der Waals surface area contributed by atoms with Gasteiger partial charge in [-0.25, -0.2) is 4.79 Å². The maximum Gasteiger partial charge on any atom is 0.317 e. The zero-order valence-electron chi connectivity index (χ0n) is 20.6. The van der Waals surface area contributed by atoms with Gasteiger partial charge in [0.05, 0.1) is 13.7 Å². The molecule has 7 nitrogen and oxygen atoms in total. The summed E-state index contributed by atoms with van der Waals surface area (Å²) in [6.07, 6.45) is 3.68. The molecule has 2 amide bonds. The number of hydrogen-bond acceptors (Lipinski definition) is 5. The van der Waals surface area contributed by atoms with E-state index in [1.54, 1.807) is 14.2 Å². The van der Waals surface area contributed by atoms with Crippen molar-refractivity contribution in [2.24, 2.45) is 23.5 Å². The summed E-state index contributed by atoms with van der Waals surface area (Å²) in [4.78, 5) is 14.0. The van der Waals surface area contributed by atoms with Crippen LogP contribution >= 0.6 is 0 Å². The van der Waals surface area contributed by atoms with Crippen LogP contribution < -0.4 is 20.5 Å². The minimum atomic E-state index is 0.0342. The molecule has 1 saturated heterocycles. The Morgan fingerprint density at radius 3 is 2.59 bits per heavy atom. The highest BCUT2D eigenvalue weighted by molar-refractivity contribution is 5.74. The fourth-order valence-corrected chi connectivity index (χ4v) is 4.16. The molecule has 32 heavy (non-hydrogen) atoms. The largest absolute Gasteiger partial charge is 0.493 e. The molecule has 7 heteroatoms. The van der Waals surface area contributed by atoms with Gasteiger partial charge in [-0.2, -0.15) is 0 Å². The van der Waals surface area contributed by atoms with E-state index in [1.165, 1.54) is 5.56 Å². The summed E-state index contributed by atoms with van der Waals surface area (Å²) in [6.45, 7) is 10.2. The zero-order valence-corrected chi connectivity index (χ0v) is 20.6. The predicted molar refractivity (Wildman–Crippen MR) is 128 cm³/mol. The molecule has 0 bridgehead atoms. The smallest absolute Gasteiger partial charge is 0.317 e. The summed E-state index contributed by atoms with van der Waals surface area (Å²) >= 11 is 0. The highest BCUT2D eigenvalue weighted by Crippen LogP contribution is 2.31. The molecule has 0 saturated carbocycles. The fourth-order valence-electron chi connectivity index (χ4n) is 4.16. The van der Waals surface area contributed by atoms with Gasteiger partial charge in [-0.05, 0) is 54.7 Å². The second-order valence-electron chi connectivity index (χ2n) is 9.30. The minimum absolute atomic E-state index is 0.0342. The van der Waals surface area contributed by atoms with Gasteiger partial charge in [0.1, 0.15) is 0 Å². The molecule has 1 aliphatic heterocycles. The molecular weight excluding hydrogens is 406 g/mol. The van der Waals surface area contributed by atoms with Gasteiger partial charge in [-0.1, -0.05) is 26.8 Å². The molecule has 1 fully saturated rings.